The molecule has 0 aliphatic carbocycles. The number of hydrogen-bond donors (Lipinski definition) is 2. The zero-order valence-electron chi connectivity index (χ0n) is 14.9. The van der Waals surface area contributed by atoms with Crippen LogP contribution in [0.3, 0.4) is 0 Å². The first-order chi connectivity index (χ1) is 12.5. The van der Waals surface area contributed by atoms with E-state index in [0.717, 1.165) is 6.42 Å². The lowest BCUT2D eigenvalue weighted by atomic mass is 10.0. The molecule has 0 spiro atoms. The van der Waals surface area contributed by atoms with Crippen molar-refractivity contribution in [3.05, 3.63) is 46.2 Å². The van der Waals surface area contributed by atoms with E-state index in [1.165, 1.54) is 12.0 Å². The number of aryl methyl sites for hydroxylation is 1. The fourth-order valence-electron chi connectivity index (χ4n) is 2.66. The van der Waals surface area contributed by atoms with Crippen molar-refractivity contribution < 1.29 is 24.2 Å². The number of ether oxygens (including phenoxy) is 2. The van der Waals surface area contributed by atoms with Crippen LogP contribution in [0.2, 0.25) is 0 Å². The molecule has 7 heteroatoms. The Morgan fingerprint density at radius 3 is 2.65 bits per heavy atom. The lowest BCUT2D eigenvalue weighted by molar-refractivity contribution is -0.137. The summed E-state index contributed by atoms with van der Waals surface area (Å²) < 4.78 is 10.5. The van der Waals surface area contributed by atoms with E-state index >= 15 is 0 Å². The van der Waals surface area contributed by atoms with E-state index in [1.54, 1.807) is 36.6 Å². The lowest BCUT2D eigenvalue weighted by Crippen LogP contribution is -2.30. The van der Waals surface area contributed by atoms with E-state index < -0.39 is 12.0 Å². The molecule has 0 aliphatic heterocycles. The average molecular weight is 377 g/mol. The van der Waals surface area contributed by atoms with Crippen molar-refractivity contribution >= 4 is 23.2 Å². The maximum atomic E-state index is 12.3. The molecule has 2 rings (SSSR count). The molecule has 2 N–H and O–H groups in total. The average Bonchev–Trinajstić information content (AvgIpc) is 3.13. The van der Waals surface area contributed by atoms with Crippen molar-refractivity contribution in [3.63, 3.8) is 0 Å². The molecule has 1 amide bonds. The van der Waals surface area contributed by atoms with Gasteiger partial charge in [-0.3, -0.25) is 9.59 Å². The van der Waals surface area contributed by atoms with Crippen LogP contribution in [0.1, 0.15) is 35.7 Å². The molecule has 0 aliphatic rings. The van der Waals surface area contributed by atoms with Gasteiger partial charge in [-0.25, -0.2) is 0 Å². The molecule has 6 nitrogen and oxygen atoms in total. The number of hydrogen-bond acceptors (Lipinski definition) is 5. The van der Waals surface area contributed by atoms with E-state index in [0.29, 0.717) is 29.9 Å². The van der Waals surface area contributed by atoms with E-state index in [-0.39, 0.29) is 12.3 Å². The number of thiophene rings is 1. The Kier molecular flexibility index (Phi) is 7.47. The maximum Gasteiger partial charge on any atom is 0.305 e. The number of methoxy groups -OCH3 is 2. The van der Waals surface area contributed by atoms with Gasteiger partial charge in [0.1, 0.15) is 11.5 Å². The summed E-state index contributed by atoms with van der Waals surface area (Å²) in [4.78, 5) is 24.8. The van der Waals surface area contributed by atoms with Crippen molar-refractivity contribution in [1.82, 2.24) is 5.32 Å². The molecule has 0 saturated heterocycles. The lowest BCUT2D eigenvalue weighted by Gasteiger charge is -2.20. The highest BCUT2D eigenvalue weighted by Gasteiger charge is 2.22. The first-order valence-corrected chi connectivity index (χ1v) is 9.17. The van der Waals surface area contributed by atoms with Gasteiger partial charge in [-0.1, -0.05) is 6.07 Å². The van der Waals surface area contributed by atoms with Gasteiger partial charge in [0, 0.05) is 22.9 Å². The molecule has 26 heavy (non-hydrogen) atoms. The van der Waals surface area contributed by atoms with Crippen LogP contribution in [-0.4, -0.2) is 31.2 Å². The molecule has 1 unspecified atom stereocenters. The predicted molar refractivity (Wildman–Crippen MR) is 99.9 cm³/mol. The zero-order valence-corrected chi connectivity index (χ0v) is 15.7. The van der Waals surface area contributed by atoms with E-state index in [9.17, 15) is 14.7 Å². The minimum atomic E-state index is -0.994. The van der Waals surface area contributed by atoms with Gasteiger partial charge in [-0.05, 0) is 36.4 Å². The summed E-state index contributed by atoms with van der Waals surface area (Å²) in [5.74, 6) is -0.0890. The smallest absolute Gasteiger partial charge is 0.305 e. The number of carbonyl (C=O) groups excluding carboxylic acids is 1. The minimum Gasteiger partial charge on any atom is -0.497 e. The molecule has 0 bridgehead atoms. The topological polar surface area (TPSA) is 84.9 Å². The van der Waals surface area contributed by atoms with Crippen LogP contribution in [0.15, 0.2) is 35.7 Å². The fourth-order valence-corrected chi connectivity index (χ4v) is 3.42. The van der Waals surface area contributed by atoms with Crippen molar-refractivity contribution in [2.75, 3.05) is 14.2 Å². The Morgan fingerprint density at radius 2 is 2.04 bits per heavy atom. The monoisotopic (exact) mass is 377 g/mol. The zero-order chi connectivity index (χ0) is 18.9. The predicted octanol–water partition coefficient (Wildman–Crippen LogP) is 3.42. The summed E-state index contributed by atoms with van der Waals surface area (Å²) in [6, 6.07) is 8.47. The van der Waals surface area contributed by atoms with Crippen LogP contribution in [0, 0.1) is 0 Å². The van der Waals surface area contributed by atoms with Crippen LogP contribution in [0.4, 0.5) is 0 Å². The number of amides is 1. The third kappa shape index (κ3) is 5.77. The summed E-state index contributed by atoms with van der Waals surface area (Å²) >= 11 is 1.66. The second-order valence-corrected chi connectivity index (χ2v) is 6.79. The Hall–Kier alpha value is -2.54. The van der Waals surface area contributed by atoms with Crippen LogP contribution in [-0.2, 0) is 16.0 Å². The van der Waals surface area contributed by atoms with E-state index in [2.05, 4.69) is 5.32 Å². The van der Waals surface area contributed by atoms with Crippen molar-refractivity contribution in [1.29, 1.82) is 0 Å². The molecule has 0 fully saturated rings. The molecular formula is C19H23NO5S. The van der Waals surface area contributed by atoms with Crippen LogP contribution >= 0.6 is 11.3 Å². The Labute approximate surface area is 156 Å². The summed E-state index contributed by atoms with van der Waals surface area (Å²) in [7, 11) is 3.04. The maximum absolute atomic E-state index is 12.3. The Morgan fingerprint density at radius 1 is 1.23 bits per heavy atom. The summed E-state index contributed by atoms with van der Waals surface area (Å²) in [6.45, 7) is 0. The summed E-state index contributed by atoms with van der Waals surface area (Å²) in [5, 5.41) is 14.0. The number of benzene rings is 1. The highest BCUT2D eigenvalue weighted by Crippen LogP contribution is 2.31. The van der Waals surface area contributed by atoms with Gasteiger partial charge in [0.2, 0.25) is 5.91 Å². The number of carboxylic acid groups (broad SMARTS) is 1. The highest BCUT2D eigenvalue weighted by molar-refractivity contribution is 7.09. The molecule has 2 aromatic rings. The first-order valence-electron chi connectivity index (χ1n) is 8.29. The van der Waals surface area contributed by atoms with Gasteiger partial charge in [0.25, 0.3) is 0 Å². The molecule has 0 saturated carbocycles. The van der Waals surface area contributed by atoms with Crippen LogP contribution in [0.5, 0.6) is 11.5 Å². The molecule has 1 heterocycles. The highest BCUT2D eigenvalue weighted by atomic mass is 32.1. The molecule has 1 atom stereocenters. The van der Waals surface area contributed by atoms with Gasteiger partial charge in [-0.15, -0.1) is 11.3 Å². The molecule has 1 aromatic carbocycles. The van der Waals surface area contributed by atoms with Crippen molar-refractivity contribution in [2.24, 2.45) is 0 Å². The van der Waals surface area contributed by atoms with Gasteiger partial charge in [0.05, 0.1) is 26.7 Å². The quantitative estimate of drug-likeness (QED) is 0.663. The fraction of sp³-hybridized carbons (Fsp3) is 0.368. The molecule has 0 radical (unpaired) electrons. The van der Waals surface area contributed by atoms with Crippen molar-refractivity contribution in [3.8, 4) is 11.5 Å². The Bertz CT molecular complexity index is 730. The molecular weight excluding hydrogens is 354 g/mol. The van der Waals surface area contributed by atoms with Gasteiger partial charge < -0.3 is 19.9 Å². The molecule has 140 valence electrons. The normalized spacial score (nSPS) is 11.6. The number of rotatable bonds is 10. The minimum absolute atomic E-state index is 0.175. The van der Waals surface area contributed by atoms with Crippen LogP contribution in [0.25, 0.3) is 0 Å². The summed E-state index contributed by atoms with van der Waals surface area (Å²) in [6.07, 6.45) is 1.66. The SMILES string of the molecule is COc1ccc(C(CC(=O)O)NC(=O)CCCc2cccs2)c(OC)c1. The van der Waals surface area contributed by atoms with E-state index in [4.69, 9.17) is 9.47 Å². The largest absolute Gasteiger partial charge is 0.497 e. The van der Waals surface area contributed by atoms with Crippen molar-refractivity contribution in [2.45, 2.75) is 31.7 Å². The third-order valence-electron chi connectivity index (χ3n) is 3.94. The number of nitrogens with one attached hydrogen (secondary N) is 1. The van der Waals surface area contributed by atoms with Crippen LogP contribution < -0.4 is 14.8 Å². The number of carboxylic acids is 1. The third-order valence-corrected chi connectivity index (χ3v) is 4.87. The number of aliphatic carboxylic acids is 1. The second-order valence-electron chi connectivity index (χ2n) is 5.76. The standard InChI is InChI=1S/C19H23NO5S/c1-24-13-8-9-15(17(11-13)25-2)16(12-19(22)23)20-18(21)7-3-5-14-6-4-10-26-14/h4,6,8-11,16H,3,5,7,12H2,1-2H3,(H,20,21)(H,22,23). The Balaban J connectivity index is 2.04. The first kappa shape index (κ1) is 19.8. The van der Waals surface area contributed by atoms with E-state index in [1.807, 2.05) is 17.5 Å². The van der Waals surface area contributed by atoms with Gasteiger partial charge >= 0.3 is 5.97 Å². The van der Waals surface area contributed by atoms with Gasteiger partial charge in [-0.2, -0.15) is 0 Å². The summed E-state index contributed by atoms with van der Waals surface area (Å²) in [5.41, 5.74) is 0.613. The molecule has 1 aromatic heterocycles. The van der Waals surface area contributed by atoms with Gasteiger partial charge in [0.15, 0.2) is 0 Å². The number of carbonyl (C=O) groups is 2. The second kappa shape index (κ2) is 9.82.